The molecule has 25 heavy (non-hydrogen) atoms. The van der Waals surface area contributed by atoms with E-state index in [1.165, 1.54) is 0 Å². The Balaban J connectivity index is 1.83. The molecule has 0 atom stereocenters. The van der Waals surface area contributed by atoms with Crippen LogP contribution in [0.25, 0.3) is 11.1 Å². The first-order valence-electron chi connectivity index (χ1n) is 8.10. The molecule has 0 aliphatic carbocycles. The van der Waals surface area contributed by atoms with Gasteiger partial charge in [-0.1, -0.05) is 42.0 Å². The van der Waals surface area contributed by atoms with Gasteiger partial charge in [0.25, 0.3) is 5.91 Å². The molecule has 0 radical (unpaired) electrons. The van der Waals surface area contributed by atoms with Crippen LogP contribution in [0.2, 0.25) is 0 Å². The lowest BCUT2D eigenvalue weighted by molar-refractivity contribution is 0.0946. The molecule has 0 spiro atoms. The number of aromatic nitrogens is 1. The van der Waals surface area contributed by atoms with Gasteiger partial charge < -0.3 is 10.1 Å². The molecular weight excluding hydrogens is 312 g/mol. The van der Waals surface area contributed by atoms with E-state index in [4.69, 9.17) is 4.74 Å². The van der Waals surface area contributed by atoms with Gasteiger partial charge in [0, 0.05) is 12.7 Å². The van der Waals surface area contributed by atoms with E-state index in [9.17, 15) is 4.79 Å². The minimum atomic E-state index is -0.178. The van der Waals surface area contributed by atoms with Gasteiger partial charge >= 0.3 is 0 Å². The molecule has 0 saturated carbocycles. The van der Waals surface area contributed by atoms with Crippen molar-refractivity contribution in [2.45, 2.75) is 13.5 Å². The zero-order valence-corrected chi connectivity index (χ0v) is 14.3. The van der Waals surface area contributed by atoms with Gasteiger partial charge in [-0.05, 0) is 47.9 Å². The molecule has 4 heteroatoms. The highest BCUT2D eigenvalue weighted by molar-refractivity contribution is 5.92. The second-order valence-corrected chi connectivity index (χ2v) is 5.79. The normalized spacial score (nSPS) is 10.3. The fourth-order valence-corrected chi connectivity index (χ4v) is 2.68. The third kappa shape index (κ3) is 4.04. The number of hydrogen-bond donors (Lipinski definition) is 1. The van der Waals surface area contributed by atoms with Gasteiger partial charge in [0.15, 0.2) is 0 Å². The van der Waals surface area contributed by atoms with E-state index >= 15 is 0 Å². The van der Waals surface area contributed by atoms with Crippen LogP contribution in [-0.2, 0) is 6.54 Å². The predicted molar refractivity (Wildman–Crippen MR) is 98.6 cm³/mol. The fourth-order valence-electron chi connectivity index (χ4n) is 2.68. The average molecular weight is 332 g/mol. The van der Waals surface area contributed by atoms with Gasteiger partial charge in [0.2, 0.25) is 0 Å². The van der Waals surface area contributed by atoms with Crippen molar-refractivity contribution in [2.24, 2.45) is 0 Å². The Bertz CT molecular complexity index is 859. The number of nitrogens with one attached hydrogen (secondary N) is 1. The molecule has 1 amide bonds. The third-order valence-corrected chi connectivity index (χ3v) is 4.00. The van der Waals surface area contributed by atoms with Crippen LogP contribution in [0.3, 0.4) is 0 Å². The van der Waals surface area contributed by atoms with Crippen molar-refractivity contribution >= 4 is 5.91 Å². The smallest absolute Gasteiger partial charge is 0.270 e. The molecule has 0 saturated heterocycles. The second-order valence-electron chi connectivity index (χ2n) is 5.79. The number of methoxy groups -OCH3 is 1. The molecule has 0 unspecified atom stereocenters. The lowest BCUT2D eigenvalue weighted by atomic mass is 9.97. The lowest BCUT2D eigenvalue weighted by Gasteiger charge is -2.12. The van der Waals surface area contributed by atoms with E-state index in [0.717, 1.165) is 28.0 Å². The van der Waals surface area contributed by atoms with Crippen LogP contribution in [0, 0.1) is 6.92 Å². The maximum Gasteiger partial charge on any atom is 0.270 e. The average Bonchev–Trinajstić information content (AvgIpc) is 2.67. The molecule has 2 aromatic carbocycles. The molecule has 126 valence electrons. The Labute approximate surface area is 147 Å². The highest BCUT2D eigenvalue weighted by Crippen LogP contribution is 2.26. The molecule has 1 heterocycles. The van der Waals surface area contributed by atoms with Gasteiger partial charge in [-0.15, -0.1) is 0 Å². The Morgan fingerprint density at radius 1 is 1.08 bits per heavy atom. The number of carbonyl (C=O) groups is 1. The van der Waals surface area contributed by atoms with Crippen molar-refractivity contribution in [2.75, 3.05) is 7.11 Å². The number of hydrogen-bond acceptors (Lipinski definition) is 3. The fraction of sp³-hybridized carbons (Fsp3) is 0.143. The van der Waals surface area contributed by atoms with E-state index in [1.807, 2.05) is 31.2 Å². The molecule has 0 aliphatic heterocycles. The van der Waals surface area contributed by atoms with Gasteiger partial charge in [-0.25, -0.2) is 0 Å². The first-order chi connectivity index (χ1) is 12.2. The summed E-state index contributed by atoms with van der Waals surface area (Å²) in [5.41, 5.74) is 4.81. The van der Waals surface area contributed by atoms with Crippen LogP contribution >= 0.6 is 0 Å². The van der Waals surface area contributed by atoms with E-state index in [1.54, 1.807) is 31.5 Å². The second kappa shape index (κ2) is 7.62. The number of carbonyl (C=O) groups excluding carboxylic acids is 1. The molecule has 0 bridgehead atoms. The number of rotatable bonds is 5. The largest absolute Gasteiger partial charge is 0.497 e. The standard InChI is InChI=1S/C21H20N2O2/c1-15-6-11-19(16-7-9-18(25-2)10-8-16)17(13-15)14-23-21(24)20-5-3-4-12-22-20/h3-13H,14H2,1-2H3,(H,23,24). The number of benzene rings is 2. The first kappa shape index (κ1) is 16.7. The molecule has 0 fully saturated rings. The van der Waals surface area contributed by atoms with Crippen LogP contribution in [0.1, 0.15) is 21.6 Å². The Morgan fingerprint density at radius 2 is 1.88 bits per heavy atom. The summed E-state index contributed by atoms with van der Waals surface area (Å²) < 4.78 is 5.22. The number of pyridine rings is 1. The summed E-state index contributed by atoms with van der Waals surface area (Å²) in [4.78, 5) is 16.3. The van der Waals surface area contributed by atoms with E-state index in [2.05, 4.69) is 28.5 Å². The van der Waals surface area contributed by atoms with Crippen molar-refractivity contribution in [3.8, 4) is 16.9 Å². The minimum absolute atomic E-state index is 0.178. The van der Waals surface area contributed by atoms with Crippen LogP contribution in [-0.4, -0.2) is 18.0 Å². The molecular formula is C21H20N2O2. The van der Waals surface area contributed by atoms with Gasteiger partial charge in [0.1, 0.15) is 11.4 Å². The molecule has 3 aromatic rings. The van der Waals surface area contributed by atoms with E-state index < -0.39 is 0 Å². The maximum atomic E-state index is 12.2. The van der Waals surface area contributed by atoms with E-state index in [0.29, 0.717) is 12.2 Å². The van der Waals surface area contributed by atoms with Gasteiger partial charge in [-0.2, -0.15) is 0 Å². The van der Waals surface area contributed by atoms with Crippen molar-refractivity contribution in [3.63, 3.8) is 0 Å². The summed E-state index contributed by atoms with van der Waals surface area (Å²) in [6, 6.07) is 19.5. The molecule has 4 nitrogen and oxygen atoms in total. The van der Waals surface area contributed by atoms with Crippen LogP contribution in [0.5, 0.6) is 5.75 Å². The summed E-state index contributed by atoms with van der Waals surface area (Å²) in [5, 5.41) is 2.95. The first-order valence-corrected chi connectivity index (χ1v) is 8.10. The van der Waals surface area contributed by atoms with Crippen LogP contribution < -0.4 is 10.1 Å². The lowest BCUT2D eigenvalue weighted by Crippen LogP contribution is -2.24. The zero-order valence-electron chi connectivity index (χ0n) is 14.3. The number of ether oxygens (including phenoxy) is 1. The molecule has 1 N–H and O–H groups in total. The summed E-state index contributed by atoms with van der Waals surface area (Å²) in [6.45, 7) is 2.49. The predicted octanol–water partition coefficient (Wildman–Crippen LogP) is 4.00. The molecule has 0 aliphatic rings. The van der Waals surface area contributed by atoms with Crippen molar-refractivity contribution in [3.05, 3.63) is 83.7 Å². The number of aryl methyl sites for hydroxylation is 1. The topological polar surface area (TPSA) is 51.2 Å². The Hall–Kier alpha value is -3.14. The summed E-state index contributed by atoms with van der Waals surface area (Å²) in [6.07, 6.45) is 1.62. The van der Waals surface area contributed by atoms with Gasteiger partial charge in [-0.3, -0.25) is 9.78 Å². The van der Waals surface area contributed by atoms with Gasteiger partial charge in [0.05, 0.1) is 7.11 Å². The zero-order chi connectivity index (χ0) is 17.6. The van der Waals surface area contributed by atoms with E-state index in [-0.39, 0.29) is 5.91 Å². The van der Waals surface area contributed by atoms with Crippen molar-refractivity contribution < 1.29 is 9.53 Å². The Morgan fingerprint density at radius 3 is 2.56 bits per heavy atom. The number of amides is 1. The third-order valence-electron chi connectivity index (χ3n) is 4.00. The monoisotopic (exact) mass is 332 g/mol. The van der Waals surface area contributed by atoms with Crippen molar-refractivity contribution in [1.29, 1.82) is 0 Å². The van der Waals surface area contributed by atoms with Crippen molar-refractivity contribution in [1.82, 2.24) is 10.3 Å². The Kier molecular flexibility index (Phi) is 5.09. The molecule has 3 rings (SSSR count). The molecule has 1 aromatic heterocycles. The summed E-state index contributed by atoms with van der Waals surface area (Å²) in [5.74, 6) is 0.642. The quantitative estimate of drug-likeness (QED) is 0.768. The minimum Gasteiger partial charge on any atom is -0.497 e. The number of nitrogens with zero attached hydrogens (tertiary/aromatic N) is 1. The highest BCUT2D eigenvalue weighted by Gasteiger charge is 2.10. The summed E-state index contributed by atoms with van der Waals surface area (Å²) in [7, 11) is 1.65. The SMILES string of the molecule is COc1ccc(-c2ccc(C)cc2CNC(=O)c2ccccn2)cc1. The summed E-state index contributed by atoms with van der Waals surface area (Å²) >= 11 is 0. The maximum absolute atomic E-state index is 12.2. The van der Waals surface area contributed by atoms with Crippen LogP contribution in [0.15, 0.2) is 66.9 Å². The highest BCUT2D eigenvalue weighted by atomic mass is 16.5. The van der Waals surface area contributed by atoms with Crippen LogP contribution in [0.4, 0.5) is 0 Å².